The minimum absolute atomic E-state index is 0.0996. The summed E-state index contributed by atoms with van der Waals surface area (Å²) in [6.07, 6.45) is 1.89. The molecule has 27 heavy (non-hydrogen) atoms. The number of carbonyl (C=O) groups excluding carboxylic acids is 1. The lowest BCUT2D eigenvalue weighted by atomic mass is 10.1. The Morgan fingerprint density at radius 1 is 1.19 bits per heavy atom. The second-order valence-corrected chi connectivity index (χ2v) is 8.15. The molecule has 0 atom stereocenters. The number of fused-ring (bicyclic) bond motifs is 1. The first kappa shape index (κ1) is 19.5. The van der Waals surface area contributed by atoms with Gasteiger partial charge in [-0.3, -0.25) is 14.2 Å². The van der Waals surface area contributed by atoms with Gasteiger partial charge in [0.25, 0.3) is 5.56 Å². The zero-order valence-corrected chi connectivity index (χ0v) is 17.0. The molecule has 1 aliphatic rings. The van der Waals surface area contributed by atoms with Crippen molar-refractivity contribution >= 4 is 16.9 Å². The van der Waals surface area contributed by atoms with Crippen molar-refractivity contribution in [2.24, 2.45) is 0 Å². The number of hydrogen-bond donors (Lipinski definition) is 0. The highest BCUT2D eigenvalue weighted by molar-refractivity contribution is 5.76. The van der Waals surface area contributed by atoms with Crippen molar-refractivity contribution in [3.05, 3.63) is 22.4 Å². The second kappa shape index (κ2) is 7.42. The smallest absolute Gasteiger partial charge is 0.264 e. The monoisotopic (exact) mass is 374 g/mol. The summed E-state index contributed by atoms with van der Waals surface area (Å²) in [5.41, 5.74) is 0.219. The average molecular weight is 374 g/mol. The van der Waals surface area contributed by atoms with Crippen LogP contribution in [-0.2, 0) is 16.9 Å². The maximum atomic E-state index is 12.9. The van der Waals surface area contributed by atoms with Crippen molar-refractivity contribution in [3.8, 4) is 0 Å². The van der Waals surface area contributed by atoms with Crippen molar-refractivity contribution < 1.29 is 4.79 Å². The number of rotatable bonds is 4. The van der Waals surface area contributed by atoms with Gasteiger partial charge in [-0.2, -0.15) is 5.10 Å². The quantitative estimate of drug-likeness (QED) is 0.804. The van der Waals surface area contributed by atoms with Crippen LogP contribution in [0.4, 0.5) is 0 Å². The van der Waals surface area contributed by atoms with Gasteiger partial charge in [-0.25, -0.2) is 9.67 Å². The number of piperazine rings is 1. The average Bonchev–Trinajstić information content (AvgIpc) is 3.05. The summed E-state index contributed by atoms with van der Waals surface area (Å²) in [7, 11) is 0. The highest BCUT2D eigenvalue weighted by atomic mass is 16.2. The fraction of sp³-hybridized carbons (Fsp3) is 0.684. The molecule has 0 unspecified atom stereocenters. The first-order chi connectivity index (χ1) is 12.7. The molecular weight excluding hydrogens is 344 g/mol. The van der Waals surface area contributed by atoms with Crippen molar-refractivity contribution in [3.63, 3.8) is 0 Å². The van der Waals surface area contributed by atoms with Crippen molar-refractivity contribution in [1.82, 2.24) is 29.1 Å². The fourth-order valence-corrected chi connectivity index (χ4v) is 3.54. The first-order valence-electron chi connectivity index (χ1n) is 9.68. The number of aryl methyl sites for hydroxylation is 1. The minimum atomic E-state index is -0.254. The van der Waals surface area contributed by atoms with Gasteiger partial charge in [-0.1, -0.05) is 6.92 Å². The molecule has 0 aliphatic carbocycles. The van der Waals surface area contributed by atoms with Crippen LogP contribution in [0, 0.1) is 6.92 Å². The summed E-state index contributed by atoms with van der Waals surface area (Å²) in [5, 5.41) is 4.85. The number of aromatic nitrogens is 4. The van der Waals surface area contributed by atoms with Crippen molar-refractivity contribution in [2.45, 2.75) is 53.1 Å². The molecule has 1 saturated heterocycles. The van der Waals surface area contributed by atoms with Gasteiger partial charge in [0, 0.05) is 39.1 Å². The number of likely N-dealkylation sites (N-methyl/N-ethyl adjacent to an activating group) is 1. The number of amides is 1. The molecule has 0 bridgehead atoms. The lowest BCUT2D eigenvalue weighted by Gasteiger charge is -2.34. The lowest BCUT2D eigenvalue weighted by molar-refractivity contribution is -0.133. The van der Waals surface area contributed by atoms with Gasteiger partial charge in [-0.15, -0.1) is 0 Å². The summed E-state index contributed by atoms with van der Waals surface area (Å²) in [6.45, 7) is 14.7. The van der Waals surface area contributed by atoms with E-state index in [1.54, 1.807) is 15.4 Å². The molecule has 3 rings (SSSR count). The van der Waals surface area contributed by atoms with E-state index in [0.717, 1.165) is 32.7 Å². The van der Waals surface area contributed by atoms with E-state index in [2.05, 4.69) is 21.9 Å². The summed E-state index contributed by atoms with van der Waals surface area (Å²) in [4.78, 5) is 34.3. The lowest BCUT2D eigenvalue weighted by Crippen LogP contribution is -2.48. The Morgan fingerprint density at radius 2 is 1.85 bits per heavy atom. The maximum Gasteiger partial charge on any atom is 0.264 e. The Kier molecular flexibility index (Phi) is 5.37. The SMILES string of the molecule is CCN1CCN(C(=O)CCn2c(C)nc3c(cnn3C(C)(C)C)c2=O)CC1. The second-order valence-electron chi connectivity index (χ2n) is 8.15. The molecule has 0 radical (unpaired) electrons. The standard InChI is InChI=1S/C19H30N6O2/c1-6-22-9-11-23(12-10-22)16(26)7-8-24-14(2)21-17-15(18(24)27)13-20-25(17)19(3,4)5/h13H,6-12H2,1-5H3. The molecular formula is C19H30N6O2. The van der Waals surface area contributed by atoms with Crippen molar-refractivity contribution in [1.29, 1.82) is 0 Å². The van der Waals surface area contributed by atoms with Crippen LogP contribution in [0.2, 0.25) is 0 Å². The Hall–Kier alpha value is -2.22. The van der Waals surface area contributed by atoms with Crippen LogP contribution in [0.15, 0.2) is 11.0 Å². The topological polar surface area (TPSA) is 76.3 Å². The summed E-state index contributed by atoms with van der Waals surface area (Å²) < 4.78 is 3.37. The summed E-state index contributed by atoms with van der Waals surface area (Å²) in [5.74, 6) is 0.713. The molecule has 0 saturated carbocycles. The van der Waals surface area contributed by atoms with Gasteiger partial charge in [0.15, 0.2) is 5.65 Å². The third kappa shape index (κ3) is 3.90. The summed E-state index contributed by atoms with van der Waals surface area (Å²) in [6, 6.07) is 0. The van der Waals surface area contributed by atoms with Crippen LogP contribution < -0.4 is 5.56 Å². The zero-order chi connectivity index (χ0) is 19.8. The minimum Gasteiger partial charge on any atom is -0.340 e. The fourth-order valence-electron chi connectivity index (χ4n) is 3.54. The van der Waals surface area contributed by atoms with Gasteiger partial charge in [0.05, 0.1) is 11.7 Å². The van der Waals surface area contributed by atoms with Crippen molar-refractivity contribution in [2.75, 3.05) is 32.7 Å². The summed E-state index contributed by atoms with van der Waals surface area (Å²) >= 11 is 0. The van der Waals surface area contributed by atoms with E-state index in [4.69, 9.17) is 0 Å². The van der Waals surface area contributed by atoms with Gasteiger partial charge in [0.1, 0.15) is 11.2 Å². The van der Waals surface area contributed by atoms with Gasteiger partial charge in [0.2, 0.25) is 5.91 Å². The molecule has 0 N–H and O–H groups in total. The highest BCUT2D eigenvalue weighted by Crippen LogP contribution is 2.18. The van der Waals surface area contributed by atoms with E-state index in [0.29, 0.717) is 29.8 Å². The number of nitrogens with zero attached hydrogens (tertiary/aromatic N) is 6. The van der Waals surface area contributed by atoms with Crippen LogP contribution in [0.25, 0.3) is 11.0 Å². The Bertz CT molecular complexity index is 884. The molecule has 0 aromatic carbocycles. The predicted molar refractivity (Wildman–Crippen MR) is 105 cm³/mol. The van der Waals surface area contributed by atoms with E-state index >= 15 is 0 Å². The van der Waals surface area contributed by atoms with Gasteiger partial charge >= 0.3 is 0 Å². The number of carbonyl (C=O) groups is 1. The molecule has 3 heterocycles. The molecule has 2 aromatic rings. The zero-order valence-electron chi connectivity index (χ0n) is 17.0. The molecule has 8 heteroatoms. The molecule has 8 nitrogen and oxygen atoms in total. The third-order valence-electron chi connectivity index (χ3n) is 5.23. The van der Waals surface area contributed by atoms with Gasteiger partial charge < -0.3 is 9.80 Å². The van der Waals surface area contributed by atoms with Crippen LogP contribution >= 0.6 is 0 Å². The normalized spacial score (nSPS) is 16.3. The third-order valence-corrected chi connectivity index (χ3v) is 5.23. The number of hydrogen-bond acceptors (Lipinski definition) is 5. The highest BCUT2D eigenvalue weighted by Gasteiger charge is 2.23. The van der Waals surface area contributed by atoms with E-state index in [1.807, 2.05) is 32.6 Å². The molecule has 1 aliphatic heterocycles. The van der Waals surface area contributed by atoms with E-state index in [1.165, 1.54) is 0 Å². The Morgan fingerprint density at radius 3 is 2.44 bits per heavy atom. The molecule has 0 spiro atoms. The largest absolute Gasteiger partial charge is 0.340 e. The molecule has 2 aromatic heterocycles. The van der Waals surface area contributed by atoms with E-state index < -0.39 is 0 Å². The van der Waals surface area contributed by atoms with Crippen LogP contribution in [-0.4, -0.2) is 67.8 Å². The van der Waals surface area contributed by atoms with Crippen LogP contribution in [0.1, 0.15) is 39.9 Å². The van der Waals surface area contributed by atoms with Crippen LogP contribution in [0.5, 0.6) is 0 Å². The Balaban J connectivity index is 1.76. The van der Waals surface area contributed by atoms with Crippen LogP contribution in [0.3, 0.4) is 0 Å². The molecule has 148 valence electrons. The van der Waals surface area contributed by atoms with Gasteiger partial charge in [-0.05, 0) is 34.2 Å². The van der Waals surface area contributed by atoms with E-state index in [9.17, 15) is 9.59 Å². The first-order valence-corrected chi connectivity index (χ1v) is 9.68. The Labute approximate surface area is 159 Å². The molecule has 1 amide bonds. The predicted octanol–water partition coefficient (Wildman–Crippen LogP) is 1.21. The maximum absolute atomic E-state index is 12.9. The van der Waals surface area contributed by atoms with E-state index in [-0.39, 0.29) is 17.0 Å². The molecule has 1 fully saturated rings.